The first-order chi connectivity index (χ1) is 10.3. The topological polar surface area (TPSA) is 75.2 Å². The molecule has 1 aromatic rings. The minimum absolute atomic E-state index is 0.0688. The number of hydrogen-bond acceptors (Lipinski definition) is 5. The highest BCUT2D eigenvalue weighted by Gasteiger charge is 2.16. The van der Waals surface area contributed by atoms with Crippen molar-refractivity contribution in [3.8, 4) is 0 Å². The lowest BCUT2D eigenvalue weighted by molar-refractivity contribution is -0.134. The minimum atomic E-state index is -0.141. The van der Waals surface area contributed by atoms with Crippen LogP contribution >= 0.6 is 11.8 Å². The number of hydrogen-bond donors (Lipinski definition) is 1. The van der Waals surface area contributed by atoms with Gasteiger partial charge in [0.2, 0.25) is 11.8 Å². The van der Waals surface area contributed by atoms with Crippen LogP contribution in [0.15, 0.2) is 11.2 Å². The van der Waals surface area contributed by atoms with E-state index in [1.54, 1.807) is 0 Å². The van der Waals surface area contributed by atoms with Crippen LogP contribution in [0.25, 0.3) is 0 Å². The second-order valence-corrected chi connectivity index (χ2v) is 6.29. The van der Waals surface area contributed by atoms with Gasteiger partial charge in [0.15, 0.2) is 5.16 Å². The molecule has 0 aliphatic carbocycles. The number of aryl methyl sites for hydroxylation is 2. The van der Waals surface area contributed by atoms with E-state index in [-0.39, 0.29) is 30.2 Å². The number of aromatic nitrogens is 2. The number of thioether (sulfide) groups is 1. The Bertz CT molecular complexity index is 514. The van der Waals surface area contributed by atoms with Crippen LogP contribution in [0.2, 0.25) is 0 Å². The quantitative estimate of drug-likeness (QED) is 0.608. The first kappa shape index (κ1) is 18.4. The fourth-order valence-electron chi connectivity index (χ4n) is 1.89. The highest BCUT2D eigenvalue weighted by atomic mass is 32.2. The number of amides is 2. The number of carbonyl (C=O) groups is 2. The molecule has 0 aromatic carbocycles. The fourth-order valence-corrected chi connectivity index (χ4v) is 2.75. The van der Waals surface area contributed by atoms with Gasteiger partial charge < -0.3 is 10.2 Å². The molecule has 1 heterocycles. The molecular weight excluding hydrogens is 300 g/mol. The van der Waals surface area contributed by atoms with E-state index in [0.717, 1.165) is 11.4 Å². The van der Waals surface area contributed by atoms with E-state index in [9.17, 15) is 9.59 Å². The van der Waals surface area contributed by atoms with Gasteiger partial charge in [-0.1, -0.05) is 11.8 Å². The molecule has 0 aliphatic rings. The highest BCUT2D eigenvalue weighted by molar-refractivity contribution is 7.99. The number of nitrogens with zero attached hydrogens (tertiary/aromatic N) is 3. The maximum absolute atomic E-state index is 12.2. The number of carbonyl (C=O) groups excluding carboxylic acids is 2. The lowest BCUT2D eigenvalue weighted by atomic mass is 10.3. The molecule has 0 saturated carbocycles. The van der Waals surface area contributed by atoms with Crippen LogP contribution in [0.1, 0.15) is 32.2 Å². The lowest BCUT2D eigenvalue weighted by Gasteiger charge is -2.20. The zero-order chi connectivity index (χ0) is 16.7. The number of rotatable bonds is 7. The predicted molar refractivity (Wildman–Crippen MR) is 87.8 cm³/mol. The van der Waals surface area contributed by atoms with Gasteiger partial charge in [-0.3, -0.25) is 9.59 Å². The van der Waals surface area contributed by atoms with E-state index in [2.05, 4.69) is 15.3 Å². The molecular formula is C15H24N4O2S. The normalized spacial score (nSPS) is 10.6. The van der Waals surface area contributed by atoms with E-state index >= 15 is 0 Å². The van der Waals surface area contributed by atoms with Gasteiger partial charge in [0.1, 0.15) is 0 Å². The van der Waals surface area contributed by atoms with Crippen LogP contribution in [0.3, 0.4) is 0 Å². The van der Waals surface area contributed by atoms with E-state index in [0.29, 0.717) is 11.7 Å². The lowest BCUT2D eigenvalue weighted by Crippen LogP contribution is -2.43. The van der Waals surface area contributed by atoms with Gasteiger partial charge in [-0.25, -0.2) is 9.97 Å². The Morgan fingerprint density at radius 2 is 1.86 bits per heavy atom. The molecule has 0 saturated heterocycles. The Hall–Kier alpha value is -1.63. The summed E-state index contributed by atoms with van der Waals surface area (Å²) in [4.78, 5) is 34.1. The molecule has 0 atom stereocenters. The van der Waals surface area contributed by atoms with Crippen LogP contribution in [0.5, 0.6) is 0 Å². The van der Waals surface area contributed by atoms with Gasteiger partial charge in [-0.2, -0.15) is 0 Å². The smallest absolute Gasteiger partial charge is 0.239 e. The van der Waals surface area contributed by atoms with E-state index < -0.39 is 0 Å². The molecule has 7 heteroatoms. The van der Waals surface area contributed by atoms with Crippen molar-refractivity contribution in [2.24, 2.45) is 0 Å². The van der Waals surface area contributed by atoms with Crippen LogP contribution in [-0.2, 0) is 9.59 Å². The molecule has 0 unspecified atom stereocenters. The summed E-state index contributed by atoms with van der Waals surface area (Å²) in [5, 5.41) is 3.38. The van der Waals surface area contributed by atoms with Crippen LogP contribution in [-0.4, -0.2) is 51.6 Å². The molecule has 1 rings (SSSR count). The van der Waals surface area contributed by atoms with Gasteiger partial charge in [0.05, 0.1) is 12.3 Å². The molecule has 6 nitrogen and oxygen atoms in total. The third kappa shape index (κ3) is 6.43. The molecule has 1 aromatic heterocycles. The highest BCUT2D eigenvalue weighted by Crippen LogP contribution is 2.14. The van der Waals surface area contributed by atoms with Crippen molar-refractivity contribution >= 4 is 23.6 Å². The summed E-state index contributed by atoms with van der Waals surface area (Å²) in [6.07, 6.45) is 0. The Kier molecular flexibility index (Phi) is 7.31. The molecule has 0 spiro atoms. The van der Waals surface area contributed by atoms with Gasteiger partial charge >= 0.3 is 0 Å². The zero-order valence-electron chi connectivity index (χ0n) is 13.8. The summed E-state index contributed by atoms with van der Waals surface area (Å²) in [6, 6.07) is 1.96. The molecule has 22 heavy (non-hydrogen) atoms. The largest absolute Gasteiger partial charge is 0.352 e. The minimum Gasteiger partial charge on any atom is -0.352 e. The van der Waals surface area contributed by atoms with Gasteiger partial charge in [-0.05, 0) is 40.7 Å². The summed E-state index contributed by atoms with van der Waals surface area (Å²) < 4.78 is 0. The Labute approximate surface area is 136 Å². The Morgan fingerprint density at radius 1 is 1.27 bits per heavy atom. The molecule has 0 radical (unpaired) electrons. The van der Waals surface area contributed by atoms with E-state index in [1.165, 1.54) is 16.7 Å². The second-order valence-electron chi connectivity index (χ2n) is 5.35. The number of nitrogens with one attached hydrogen (secondary N) is 1. The number of likely N-dealkylation sites (N-methyl/N-ethyl adjacent to an activating group) is 1. The third-order valence-corrected chi connectivity index (χ3v) is 3.64. The van der Waals surface area contributed by atoms with E-state index in [1.807, 2.05) is 40.7 Å². The van der Waals surface area contributed by atoms with Crippen molar-refractivity contribution in [1.29, 1.82) is 0 Å². The summed E-state index contributed by atoms with van der Waals surface area (Å²) in [5.41, 5.74) is 1.76. The molecule has 122 valence electrons. The Morgan fingerprint density at radius 3 is 2.36 bits per heavy atom. The molecule has 2 amide bonds. The zero-order valence-corrected chi connectivity index (χ0v) is 14.7. The maximum Gasteiger partial charge on any atom is 0.239 e. The molecule has 0 aliphatic heterocycles. The SMILES string of the molecule is CCN(CC(=O)NC(C)C)C(=O)CSc1nc(C)cc(C)n1. The second kappa shape index (κ2) is 8.73. The summed E-state index contributed by atoms with van der Waals surface area (Å²) in [7, 11) is 0. The third-order valence-electron chi connectivity index (χ3n) is 2.81. The predicted octanol–water partition coefficient (Wildman–Crippen LogP) is 1.56. The Balaban J connectivity index is 2.56. The molecule has 0 fully saturated rings. The van der Waals surface area contributed by atoms with Gasteiger partial charge in [-0.15, -0.1) is 0 Å². The van der Waals surface area contributed by atoms with Crippen molar-refractivity contribution in [3.63, 3.8) is 0 Å². The fraction of sp³-hybridized carbons (Fsp3) is 0.600. The summed E-state index contributed by atoms with van der Waals surface area (Å²) in [5.74, 6) is -0.00175. The first-order valence-electron chi connectivity index (χ1n) is 7.34. The first-order valence-corrected chi connectivity index (χ1v) is 8.32. The molecule has 1 N–H and O–H groups in total. The van der Waals surface area contributed by atoms with E-state index in [4.69, 9.17) is 0 Å². The molecule has 0 bridgehead atoms. The van der Waals surface area contributed by atoms with Crippen LogP contribution < -0.4 is 5.32 Å². The van der Waals surface area contributed by atoms with Crippen molar-refractivity contribution in [2.45, 2.75) is 45.8 Å². The van der Waals surface area contributed by atoms with Crippen molar-refractivity contribution in [2.75, 3.05) is 18.8 Å². The van der Waals surface area contributed by atoms with Gasteiger partial charge in [0, 0.05) is 24.0 Å². The van der Waals surface area contributed by atoms with Crippen LogP contribution in [0, 0.1) is 13.8 Å². The maximum atomic E-state index is 12.2. The van der Waals surface area contributed by atoms with Crippen LogP contribution in [0.4, 0.5) is 0 Å². The summed E-state index contributed by atoms with van der Waals surface area (Å²) >= 11 is 1.30. The van der Waals surface area contributed by atoms with Crippen molar-refractivity contribution in [1.82, 2.24) is 20.2 Å². The van der Waals surface area contributed by atoms with Gasteiger partial charge in [0.25, 0.3) is 0 Å². The average Bonchev–Trinajstić information content (AvgIpc) is 2.40. The summed E-state index contributed by atoms with van der Waals surface area (Å²) in [6.45, 7) is 10.0. The monoisotopic (exact) mass is 324 g/mol. The average molecular weight is 324 g/mol. The standard InChI is InChI=1S/C15H24N4O2S/c1-6-19(8-13(20)16-10(2)3)14(21)9-22-15-17-11(4)7-12(5)18-15/h7,10H,6,8-9H2,1-5H3,(H,16,20). The van der Waals surface area contributed by atoms with Crippen molar-refractivity contribution in [3.05, 3.63) is 17.5 Å². The van der Waals surface area contributed by atoms with Crippen molar-refractivity contribution < 1.29 is 9.59 Å².